The van der Waals surface area contributed by atoms with Crippen LogP contribution in [-0.4, -0.2) is 31.0 Å². The second kappa shape index (κ2) is 8.65. The van der Waals surface area contributed by atoms with E-state index in [2.05, 4.69) is 5.32 Å². The van der Waals surface area contributed by atoms with E-state index in [1.165, 1.54) is 45.4 Å². The molecule has 0 aliphatic rings. The number of rotatable bonds is 7. The molecule has 1 N–H and O–H groups in total. The molecule has 142 valence electrons. The molecule has 0 heterocycles. The SMILES string of the molecule is COc1cc(C(=O)NCc2ccc([N+](=O)[O-])cc2)cc(OC)c1OC(C)=O. The molecule has 0 aromatic heterocycles. The third-order valence-corrected chi connectivity index (χ3v) is 3.57. The number of methoxy groups -OCH3 is 2. The maximum Gasteiger partial charge on any atom is 0.308 e. The highest BCUT2D eigenvalue weighted by Crippen LogP contribution is 2.38. The zero-order valence-corrected chi connectivity index (χ0v) is 15.0. The molecule has 1 amide bonds. The first-order chi connectivity index (χ1) is 12.8. The van der Waals surface area contributed by atoms with Crippen molar-refractivity contribution < 1.29 is 28.7 Å². The molecule has 0 aliphatic carbocycles. The normalized spacial score (nSPS) is 10.0. The van der Waals surface area contributed by atoms with Crippen LogP contribution in [0.4, 0.5) is 5.69 Å². The summed E-state index contributed by atoms with van der Waals surface area (Å²) in [5, 5.41) is 13.4. The van der Waals surface area contributed by atoms with E-state index in [1.807, 2.05) is 0 Å². The minimum absolute atomic E-state index is 0.0272. The van der Waals surface area contributed by atoms with Gasteiger partial charge in [0.05, 0.1) is 19.1 Å². The Kier molecular flexibility index (Phi) is 6.32. The Hall–Kier alpha value is -3.62. The number of benzene rings is 2. The van der Waals surface area contributed by atoms with E-state index in [9.17, 15) is 19.7 Å². The van der Waals surface area contributed by atoms with Gasteiger partial charge in [0, 0.05) is 31.2 Å². The maximum absolute atomic E-state index is 12.4. The topological polar surface area (TPSA) is 117 Å². The number of nitro groups is 1. The van der Waals surface area contributed by atoms with E-state index in [0.717, 1.165) is 0 Å². The molecule has 0 radical (unpaired) electrons. The van der Waals surface area contributed by atoms with Crippen LogP contribution in [0.25, 0.3) is 0 Å². The number of carbonyl (C=O) groups is 2. The van der Waals surface area contributed by atoms with Crippen LogP contribution in [0.3, 0.4) is 0 Å². The van der Waals surface area contributed by atoms with Gasteiger partial charge in [-0.3, -0.25) is 19.7 Å². The van der Waals surface area contributed by atoms with Gasteiger partial charge >= 0.3 is 5.97 Å². The van der Waals surface area contributed by atoms with Gasteiger partial charge in [0.2, 0.25) is 5.75 Å². The molecule has 9 heteroatoms. The van der Waals surface area contributed by atoms with E-state index >= 15 is 0 Å². The van der Waals surface area contributed by atoms with E-state index < -0.39 is 16.8 Å². The number of nitrogens with zero attached hydrogens (tertiary/aromatic N) is 1. The number of carbonyl (C=O) groups excluding carboxylic acids is 2. The van der Waals surface area contributed by atoms with Gasteiger partial charge in [-0.2, -0.15) is 0 Å². The largest absolute Gasteiger partial charge is 0.493 e. The van der Waals surface area contributed by atoms with Crippen molar-refractivity contribution in [2.24, 2.45) is 0 Å². The number of nitro benzene ring substituents is 1. The Morgan fingerprint density at radius 2 is 1.63 bits per heavy atom. The van der Waals surface area contributed by atoms with Crippen molar-refractivity contribution in [1.29, 1.82) is 0 Å². The van der Waals surface area contributed by atoms with Gasteiger partial charge in [0.25, 0.3) is 11.6 Å². The third-order valence-electron chi connectivity index (χ3n) is 3.57. The monoisotopic (exact) mass is 374 g/mol. The van der Waals surface area contributed by atoms with Crippen molar-refractivity contribution in [2.75, 3.05) is 14.2 Å². The number of esters is 1. The minimum atomic E-state index is -0.554. The molecular formula is C18H18N2O7. The molecule has 0 spiro atoms. The fraction of sp³-hybridized carbons (Fsp3) is 0.222. The molecule has 2 rings (SSSR count). The molecule has 9 nitrogen and oxygen atoms in total. The number of nitrogens with one attached hydrogen (secondary N) is 1. The Morgan fingerprint density at radius 1 is 1.07 bits per heavy atom. The Balaban J connectivity index is 2.17. The zero-order chi connectivity index (χ0) is 20.0. The fourth-order valence-electron chi connectivity index (χ4n) is 2.28. The Bertz CT molecular complexity index is 838. The highest BCUT2D eigenvalue weighted by atomic mass is 16.6. The zero-order valence-electron chi connectivity index (χ0n) is 15.0. The summed E-state index contributed by atoms with van der Waals surface area (Å²) in [5.74, 6) is -0.546. The van der Waals surface area contributed by atoms with Crippen LogP contribution < -0.4 is 19.5 Å². The maximum atomic E-state index is 12.4. The van der Waals surface area contributed by atoms with Crippen LogP contribution in [0.15, 0.2) is 36.4 Å². The second-order valence-electron chi connectivity index (χ2n) is 5.41. The lowest BCUT2D eigenvalue weighted by atomic mass is 10.1. The highest BCUT2D eigenvalue weighted by molar-refractivity contribution is 5.95. The summed E-state index contributed by atoms with van der Waals surface area (Å²) >= 11 is 0. The standard InChI is InChI=1S/C18H18N2O7/c1-11(21)27-17-15(25-2)8-13(9-16(17)26-3)18(22)19-10-12-4-6-14(7-5-12)20(23)24/h4-9H,10H2,1-3H3,(H,19,22). The van der Waals surface area contributed by atoms with Crippen molar-refractivity contribution in [2.45, 2.75) is 13.5 Å². The molecule has 0 atom stereocenters. The predicted molar refractivity (Wildman–Crippen MR) is 95.1 cm³/mol. The molecular weight excluding hydrogens is 356 g/mol. The summed E-state index contributed by atoms with van der Waals surface area (Å²) < 4.78 is 15.4. The van der Waals surface area contributed by atoms with Gasteiger partial charge in [-0.1, -0.05) is 12.1 Å². The van der Waals surface area contributed by atoms with Crippen molar-refractivity contribution >= 4 is 17.6 Å². The van der Waals surface area contributed by atoms with Crippen LogP contribution >= 0.6 is 0 Å². The lowest BCUT2D eigenvalue weighted by Gasteiger charge is -2.14. The number of non-ortho nitro benzene ring substituents is 1. The number of ether oxygens (including phenoxy) is 3. The smallest absolute Gasteiger partial charge is 0.308 e. The molecule has 2 aromatic carbocycles. The lowest BCUT2D eigenvalue weighted by molar-refractivity contribution is -0.384. The Morgan fingerprint density at radius 3 is 2.07 bits per heavy atom. The second-order valence-corrected chi connectivity index (χ2v) is 5.41. The summed E-state index contributed by atoms with van der Waals surface area (Å²) in [7, 11) is 2.75. The summed E-state index contributed by atoms with van der Waals surface area (Å²) in [6.45, 7) is 1.41. The van der Waals surface area contributed by atoms with Gasteiger partial charge in [-0.25, -0.2) is 0 Å². The van der Waals surface area contributed by atoms with Crippen LogP contribution in [-0.2, 0) is 11.3 Å². The first-order valence-electron chi connectivity index (χ1n) is 7.81. The van der Waals surface area contributed by atoms with E-state index in [4.69, 9.17) is 14.2 Å². The quantitative estimate of drug-likeness (QED) is 0.342. The first-order valence-corrected chi connectivity index (χ1v) is 7.81. The minimum Gasteiger partial charge on any atom is -0.493 e. The van der Waals surface area contributed by atoms with Crippen LogP contribution in [0, 0.1) is 10.1 Å². The average molecular weight is 374 g/mol. The van der Waals surface area contributed by atoms with E-state index in [0.29, 0.717) is 5.56 Å². The van der Waals surface area contributed by atoms with Crippen molar-refractivity contribution in [1.82, 2.24) is 5.32 Å². The van der Waals surface area contributed by atoms with Gasteiger partial charge in [0.1, 0.15) is 0 Å². The van der Waals surface area contributed by atoms with Crippen LogP contribution in [0.1, 0.15) is 22.8 Å². The molecule has 0 saturated heterocycles. The molecule has 0 bridgehead atoms. The summed E-state index contributed by atoms with van der Waals surface area (Å²) in [4.78, 5) is 33.8. The number of hydrogen-bond donors (Lipinski definition) is 1. The number of hydrogen-bond acceptors (Lipinski definition) is 7. The van der Waals surface area contributed by atoms with E-state index in [-0.39, 0.29) is 35.0 Å². The highest BCUT2D eigenvalue weighted by Gasteiger charge is 2.19. The molecule has 27 heavy (non-hydrogen) atoms. The van der Waals surface area contributed by atoms with Crippen LogP contribution in [0.2, 0.25) is 0 Å². The third kappa shape index (κ3) is 4.94. The van der Waals surface area contributed by atoms with Gasteiger partial charge < -0.3 is 19.5 Å². The summed E-state index contributed by atoms with van der Waals surface area (Å²) in [6, 6.07) is 8.69. The van der Waals surface area contributed by atoms with E-state index in [1.54, 1.807) is 12.1 Å². The molecule has 0 fully saturated rings. The lowest BCUT2D eigenvalue weighted by Crippen LogP contribution is -2.23. The van der Waals surface area contributed by atoms with Gasteiger partial charge in [-0.05, 0) is 17.7 Å². The average Bonchev–Trinajstić information content (AvgIpc) is 2.65. The van der Waals surface area contributed by atoms with Crippen LogP contribution in [0.5, 0.6) is 17.2 Å². The molecule has 0 unspecified atom stereocenters. The molecule has 0 saturated carbocycles. The van der Waals surface area contributed by atoms with Crippen molar-refractivity contribution in [3.05, 3.63) is 57.6 Å². The van der Waals surface area contributed by atoms with Crippen molar-refractivity contribution in [3.63, 3.8) is 0 Å². The predicted octanol–water partition coefficient (Wildman–Crippen LogP) is 2.47. The Labute approximate surface area is 155 Å². The van der Waals surface area contributed by atoms with Gasteiger partial charge in [-0.15, -0.1) is 0 Å². The summed E-state index contributed by atoms with van der Waals surface area (Å²) in [6.07, 6.45) is 0. The summed E-state index contributed by atoms with van der Waals surface area (Å²) in [5.41, 5.74) is 0.909. The molecule has 2 aromatic rings. The van der Waals surface area contributed by atoms with Crippen molar-refractivity contribution in [3.8, 4) is 17.2 Å². The number of amides is 1. The van der Waals surface area contributed by atoms with Gasteiger partial charge in [0.15, 0.2) is 11.5 Å². The first kappa shape index (κ1) is 19.7. The molecule has 0 aliphatic heterocycles. The fourth-order valence-corrected chi connectivity index (χ4v) is 2.28.